The second-order valence-electron chi connectivity index (χ2n) is 6.09. The highest BCUT2D eigenvalue weighted by atomic mass is 19.1. The summed E-state index contributed by atoms with van der Waals surface area (Å²) in [5, 5.41) is 2.82. The third-order valence-electron chi connectivity index (χ3n) is 4.19. The van der Waals surface area contributed by atoms with Gasteiger partial charge < -0.3 is 10.2 Å². The smallest absolute Gasteiger partial charge is 0.227 e. The number of rotatable bonds is 4. The first-order valence-corrected chi connectivity index (χ1v) is 7.92. The average molecular weight is 326 g/mol. The predicted molar refractivity (Wildman–Crippen MR) is 89.9 cm³/mol. The fraction of sp³-hybridized carbons (Fsp3) is 0.263. The van der Waals surface area contributed by atoms with Gasteiger partial charge in [0.05, 0.1) is 5.92 Å². The van der Waals surface area contributed by atoms with Crippen LogP contribution in [-0.2, 0) is 16.1 Å². The molecule has 2 amide bonds. The van der Waals surface area contributed by atoms with Crippen LogP contribution in [0.1, 0.15) is 17.5 Å². The molecule has 0 bridgehead atoms. The number of benzene rings is 2. The Kier molecular flexibility index (Phi) is 4.60. The Balaban J connectivity index is 1.60. The van der Waals surface area contributed by atoms with E-state index in [1.165, 1.54) is 12.1 Å². The van der Waals surface area contributed by atoms with E-state index in [1.807, 2.05) is 31.2 Å². The predicted octanol–water partition coefficient (Wildman–Crippen LogP) is 2.80. The Morgan fingerprint density at radius 3 is 2.71 bits per heavy atom. The molecule has 2 aromatic rings. The molecule has 1 aliphatic heterocycles. The van der Waals surface area contributed by atoms with Crippen molar-refractivity contribution in [2.45, 2.75) is 19.9 Å². The second kappa shape index (κ2) is 6.83. The first-order chi connectivity index (χ1) is 11.5. The summed E-state index contributed by atoms with van der Waals surface area (Å²) in [5.74, 6) is -0.857. The van der Waals surface area contributed by atoms with Crippen LogP contribution in [-0.4, -0.2) is 18.4 Å². The Bertz CT molecular complexity index is 758. The Labute approximate surface area is 140 Å². The number of amides is 2. The Hall–Kier alpha value is -2.69. The first kappa shape index (κ1) is 16.2. The molecule has 0 saturated carbocycles. The molecule has 1 aliphatic rings. The molecule has 24 heavy (non-hydrogen) atoms. The molecular formula is C19H19FN2O2. The fourth-order valence-corrected chi connectivity index (χ4v) is 2.86. The Morgan fingerprint density at radius 1 is 1.25 bits per heavy atom. The van der Waals surface area contributed by atoms with Crippen LogP contribution >= 0.6 is 0 Å². The molecule has 0 unspecified atom stereocenters. The molecule has 0 aromatic heterocycles. The minimum absolute atomic E-state index is 0.0393. The second-order valence-corrected chi connectivity index (χ2v) is 6.09. The standard InChI is InChI=1S/C19H19FN2O2/c1-13-3-2-4-17(9-13)22-12-15(10-18(22)23)19(24)21-11-14-5-7-16(20)8-6-14/h2-9,15H,10-12H2,1H3,(H,21,24)/t15-/m1/s1. The van der Waals surface area contributed by atoms with E-state index in [9.17, 15) is 14.0 Å². The van der Waals surface area contributed by atoms with Gasteiger partial charge in [0, 0.05) is 25.2 Å². The van der Waals surface area contributed by atoms with Gasteiger partial charge in [0.15, 0.2) is 0 Å². The normalized spacial score (nSPS) is 17.2. The van der Waals surface area contributed by atoms with Gasteiger partial charge in [-0.3, -0.25) is 9.59 Å². The van der Waals surface area contributed by atoms with E-state index in [2.05, 4.69) is 5.32 Å². The summed E-state index contributed by atoms with van der Waals surface area (Å²) in [6, 6.07) is 13.7. The van der Waals surface area contributed by atoms with Gasteiger partial charge in [0.2, 0.25) is 11.8 Å². The number of aryl methyl sites for hydroxylation is 1. The maximum Gasteiger partial charge on any atom is 0.227 e. The SMILES string of the molecule is Cc1cccc(N2C[C@H](C(=O)NCc3ccc(F)cc3)CC2=O)c1. The van der Waals surface area contributed by atoms with Crippen molar-refractivity contribution < 1.29 is 14.0 Å². The first-order valence-electron chi connectivity index (χ1n) is 7.92. The molecule has 1 saturated heterocycles. The molecule has 2 aromatic carbocycles. The zero-order chi connectivity index (χ0) is 17.1. The largest absolute Gasteiger partial charge is 0.352 e. The van der Waals surface area contributed by atoms with Crippen LogP contribution in [0, 0.1) is 18.7 Å². The summed E-state index contributed by atoms with van der Waals surface area (Å²) >= 11 is 0. The summed E-state index contributed by atoms with van der Waals surface area (Å²) in [6.45, 7) is 2.68. The van der Waals surface area contributed by atoms with Crippen molar-refractivity contribution in [3.63, 3.8) is 0 Å². The van der Waals surface area contributed by atoms with Gasteiger partial charge >= 0.3 is 0 Å². The molecule has 0 spiro atoms. The molecule has 1 heterocycles. The topological polar surface area (TPSA) is 49.4 Å². The van der Waals surface area contributed by atoms with Crippen LogP contribution in [0.2, 0.25) is 0 Å². The van der Waals surface area contributed by atoms with E-state index in [0.29, 0.717) is 13.1 Å². The van der Waals surface area contributed by atoms with Crippen molar-refractivity contribution in [3.8, 4) is 0 Å². The highest BCUT2D eigenvalue weighted by Gasteiger charge is 2.34. The highest BCUT2D eigenvalue weighted by Crippen LogP contribution is 2.25. The van der Waals surface area contributed by atoms with Crippen molar-refractivity contribution in [2.75, 3.05) is 11.4 Å². The van der Waals surface area contributed by atoms with Crippen molar-refractivity contribution in [3.05, 3.63) is 65.5 Å². The summed E-state index contributed by atoms with van der Waals surface area (Å²) < 4.78 is 12.9. The van der Waals surface area contributed by atoms with E-state index < -0.39 is 0 Å². The highest BCUT2D eigenvalue weighted by molar-refractivity contribution is 6.00. The van der Waals surface area contributed by atoms with Crippen LogP contribution in [0.4, 0.5) is 10.1 Å². The molecule has 1 fully saturated rings. The molecule has 1 N–H and O–H groups in total. The summed E-state index contributed by atoms with van der Waals surface area (Å²) in [5.41, 5.74) is 2.72. The average Bonchev–Trinajstić information content (AvgIpc) is 2.96. The summed E-state index contributed by atoms with van der Waals surface area (Å²) in [4.78, 5) is 26.2. The van der Waals surface area contributed by atoms with Gasteiger partial charge in [-0.15, -0.1) is 0 Å². The fourth-order valence-electron chi connectivity index (χ4n) is 2.86. The molecule has 1 atom stereocenters. The van der Waals surface area contributed by atoms with Crippen molar-refractivity contribution in [1.82, 2.24) is 5.32 Å². The van der Waals surface area contributed by atoms with Crippen molar-refractivity contribution >= 4 is 17.5 Å². The number of hydrogen-bond acceptors (Lipinski definition) is 2. The lowest BCUT2D eigenvalue weighted by atomic mass is 10.1. The summed E-state index contributed by atoms with van der Waals surface area (Å²) in [7, 11) is 0. The molecule has 3 rings (SSSR count). The summed E-state index contributed by atoms with van der Waals surface area (Å²) in [6.07, 6.45) is 0.212. The van der Waals surface area contributed by atoms with Crippen molar-refractivity contribution in [1.29, 1.82) is 0 Å². The molecule has 4 nitrogen and oxygen atoms in total. The van der Waals surface area contributed by atoms with Gasteiger partial charge in [0.25, 0.3) is 0 Å². The lowest BCUT2D eigenvalue weighted by Crippen LogP contribution is -2.32. The number of halogens is 1. The van der Waals surface area contributed by atoms with E-state index in [1.54, 1.807) is 17.0 Å². The zero-order valence-corrected chi connectivity index (χ0v) is 13.5. The van der Waals surface area contributed by atoms with E-state index in [4.69, 9.17) is 0 Å². The molecule has 0 aliphatic carbocycles. The molecule has 124 valence electrons. The van der Waals surface area contributed by atoms with Gasteiger partial charge in [0.1, 0.15) is 5.82 Å². The van der Waals surface area contributed by atoms with Crippen LogP contribution in [0.5, 0.6) is 0 Å². The third-order valence-corrected chi connectivity index (χ3v) is 4.19. The number of hydrogen-bond donors (Lipinski definition) is 1. The van der Waals surface area contributed by atoms with Crippen LogP contribution in [0.15, 0.2) is 48.5 Å². The van der Waals surface area contributed by atoms with Gasteiger partial charge in [-0.2, -0.15) is 0 Å². The number of carbonyl (C=O) groups is 2. The Morgan fingerprint density at radius 2 is 2.00 bits per heavy atom. The maximum absolute atomic E-state index is 12.9. The maximum atomic E-state index is 12.9. The molecular weight excluding hydrogens is 307 g/mol. The van der Waals surface area contributed by atoms with Gasteiger partial charge in [-0.05, 0) is 42.3 Å². The monoisotopic (exact) mass is 326 g/mol. The molecule has 5 heteroatoms. The van der Waals surface area contributed by atoms with E-state index in [-0.39, 0.29) is 30.0 Å². The minimum atomic E-state index is -0.363. The van der Waals surface area contributed by atoms with Crippen molar-refractivity contribution in [2.24, 2.45) is 5.92 Å². The van der Waals surface area contributed by atoms with E-state index in [0.717, 1.165) is 16.8 Å². The molecule has 0 radical (unpaired) electrons. The van der Waals surface area contributed by atoms with Gasteiger partial charge in [-0.1, -0.05) is 24.3 Å². The number of nitrogens with one attached hydrogen (secondary N) is 1. The quantitative estimate of drug-likeness (QED) is 0.939. The van der Waals surface area contributed by atoms with Crippen LogP contribution in [0.25, 0.3) is 0 Å². The minimum Gasteiger partial charge on any atom is -0.352 e. The lowest BCUT2D eigenvalue weighted by Gasteiger charge is -2.17. The van der Waals surface area contributed by atoms with Crippen LogP contribution in [0.3, 0.4) is 0 Å². The van der Waals surface area contributed by atoms with Gasteiger partial charge in [-0.25, -0.2) is 4.39 Å². The third kappa shape index (κ3) is 3.62. The number of anilines is 1. The lowest BCUT2D eigenvalue weighted by molar-refractivity contribution is -0.126. The number of nitrogens with zero attached hydrogens (tertiary/aromatic N) is 1. The van der Waals surface area contributed by atoms with Crippen LogP contribution < -0.4 is 10.2 Å². The zero-order valence-electron chi connectivity index (χ0n) is 13.5. The number of carbonyl (C=O) groups excluding carboxylic acids is 2. The van der Waals surface area contributed by atoms with E-state index >= 15 is 0 Å².